The van der Waals surface area contributed by atoms with Crippen molar-refractivity contribution in [2.45, 2.75) is 26.7 Å². The van der Waals surface area contributed by atoms with Gasteiger partial charge in [0.25, 0.3) is 0 Å². The molecular formula is C10H16O5S. The molecule has 1 aromatic carbocycles. The van der Waals surface area contributed by atoms with Crippen molar-refractivity contribution in [3.8, 4) is 5.75 Å². The van der Waals surface area contributed by atoms with Crippen molar-refractivity contribution >= 4 is 10.4 Å². The number of phenols is 1. The summed E-state index contributed by atoms with van der Waals surface area (Å²) in [5, 5.41) is 9.46. The smallest absolute Gasteiger partial charge is 0.394 e. The molecule has 92 valence electrons. The van der Waals surface area contributed by atoms with E-state index in [-0.39, 0.29) is 0 Å². The van der Waals surface area contributed by atoms with E-state index in [4.69, 9.17) is 17.5 Å². The summed E-state index contributed by atoms with van der Waals surface area (Å²) in [6.45, 7) is 6.12. The molecule has 16 heavy (non-hydrogen) atoms. The minimum atomic E-state index is -4.67. The average Bonchev–Trinajstić information content (AvgIpc) is 1.99. The predicted molar refractivity (Wildman–Crippen MR) is 61.1 cm³/mol. The summed E-state index contributed by atoms with van der Waals surface area (Å²) in [6.07, 6.45) is 0. The van der Waals surface area contributed by atoms with Gasteiger partial charge in [-0.2, -0.15) is 8.42 Å². The first kappa shape index (κ1) is 14.9. The van der Waals surface area contributed by atoms with Crippen LogP contribution in [0.1, 0.15) is 30.9 Å². The van der Waals surface area contributed by atoms with Crippen molar-refractivity contribution in [2.24, 2.45) is 0 Å². The Hall–Kier alpha value is -1.11. The van der Waals surface area contributed by atoms with E-state index in [9.17, 15) is 5.11 Å². The van der Waals surface area contributed by atoms with Crippen LogP contribution in [0.5, 0.6) is 5.75 Å². The van der Waals surface area contributed by atoms with Gasteiger partial charge < -0.3 is 5.11 Å². The molecule has 0 aliphatic rings. The molecular weight excluding hydrogens is 232 g/mol. The van der Waals surface area contributed by atoms with Crippen LogP contribution in [-0.4, -0.2) is 22.6 Å². The van der Waals surface area contributed by atoms with Crippen molar-refractivity contribution in [3.63, 3.8) is 0 Å². The minimum absolute atomic E-state index is 0.399. The maximum Gasteiger partial charge on any atom is 0.394 e. The van der Waals surface area contributed by atoms with Gasteiger partial charge in [0, 0.05) is 0 Å². The molecule has 0 radical (unpaired) electrons. The molecule has 0 unspecified atom stereocenters. The number of hydrogen-bond acceptors (Lipinski definition) is 3. The molecule has 0 aliphatic heterocycles. The largest absolute Gasteiger partial charge is 0.508 e. The molecule has 0 bridgehead atoms. The van der Waals surface area contributed by atoms with E-state index in [1.165, 1.54) is 0 Å². The van der Waals surface area contributed by atoms with Crippen LogP contribution in [0.4, 0.5) is 0 Å². The maximum absolute atomic E-state index is 9.46. The Bertz CT molecular complexity index is 429. The minimum Gasteiger partial charge on any atom is -0.508 e. The van der Waals surface area contributed by atoms with Gasteiger partial charge in [0.1, 0.15) is 5.75 Å². The van der Waals surface area contributed by atoms with Gasteiger partial charge in [0.05, 0.1) is 0 Å². The van der Waals surface area contributed by atoms with Crippen LogP contribution < -0.4 is 0 Å². The van der Waals surface area contributed by atoms with E-state index in [2.05, 4.69) is 13.8 Å². The van der Waals surface area contributed by atoms with Gasteiger partial charge in [0.2, 0.25) is 0 Å². The lowest BCUT2D eigenvalue weighted by atomic mass is 10.0. The van der Waals surface area contributed by atoms with Crippen molar-refractivity contribution in [1.82, 2.24) is 0 Å². The number of rotatable bonds is 1. The SMILES string of the molecule is Cc1ccc(C(C)C)c(O)c1.O=S(=O)(O)O. The Labute approximate surface area is 95.3 Å². The molecule has 1 aromatic rings. The van der Waals surface area contributed by atoms with E-state index in [1.807, 2.05) is 19.1 Å². The summed E-state index contributed by atoms with van der Waals surface area (Å²) in [6, 6.07) is 5.81. The van der Waals surface area contributed by atoms with E-state index < -0.39 is 10.4 Å². The number of aromatic hydroxyl groups is 1. The number of hydrogen-bond donors (Lipinski definition) is 3. The van der Waals surface area contributed by atoms with Crippen LogP contribution in [0.25, 0.3) is 0 Å². The Morgan fingerprint density at radius 1 is 1.19 bits per heavy atom. The summed E-state index contributed by atoms with van der Waals surface area (Å²) < 4.78 is 31.6. The van der Waals surface area contributed by atoms with Crippen LogP contribution in [-0.2, 0) is 10.4 Å². The number of aryl methyl sites for hydroxylation is 1. The zero-order chi connectivity index (χ0) is 12.9. The van der Waals surface area contributed by atoms with Gasteiger partial charge >= 0.3 is 10.4 Å². The molecule has 5 nitrogen and oxygen atoms in total. The van der Waals surface area contributed by atoms with Gasteiger partial charge in [-0.3, -0.25) is 9.11 Å². The topological polar surface area (TPSA) is 94.8 Å². The zero-order valence-corrected chi connectivity index (χ0v) is 10.2. The highest BCUT2D eigenvalue weighted by atomic mass is 32.3. The van der Waals surface area contributed by atoms with Crippen molar-refractivity contribution < 1.29 is 22.6 Å². The van der Waals surface area contributed by atoms with Crippen molar-refractivity contribution in [3.05, 3.63) is 29.3 Å². The first-order valence-corrected chi connectivity index (χ1v) is 6.00. The van der Waals surface area contributed by atoms with Crippen LogP contribution >= 0.6 is 0 Å². The second-order valence-electron chi connectivity index (χ2n) is 3.66. The Balaban J connectivity index is 0.000000385. The van der Waals surface area contributed by atoms with E-state index in [0.717, 1.165) is 11.1 Å². The van der Waals surface area contributed by atoms with Crippen LogP contribution in [0, 0.1) is 6.92 Å². The fraction of sp³-hybridized carbons (Fsp3) is 0.400. The summed E-state index contributed by atoms with van der Waals surface area (Å²) in [5.41, 5.74) is 2.13. The lowest BCUT2D eigenvalue weighted by Gasteiger charge is -2.07. The summed E-state index contributed by atoms with van der Waals surface area (Å²) >= 11 is 0. The van der Waals surface area contributed by atoms with Gasteiger partial charge in [-0.25, -0.2) is 0 Å². The second kappa shape index (κ2) is 5.83. The molecule has 0 saturated carbocycles. The summed E-state index contributed by atoms with van der Waals surface area (Å²) in [7, 11) is -4.67. The molecule has 1 rings (SSSR count). The third-order valence-electron chi connectivity index (χ3n) is 1.81. The first-order valence-electron chi connectivity index (χ1n) is 4.60. The van der Waals surface area contributed by atoms with E-state index in [1.54, 1.807) is 6.07 Å². The Morgan fingerprint density at radius 3 is 1.94 bits per heavy atom. The highest BCUT2D eigenvalue weighted by Crippen LogP contribution is 2.25. The lowest BCUT2D eigenvalue weighted by Crippen LogP contribution is -1.89. The molecule has 0 aliphatic carbocycles. The summed E-state index contributed by atoms with van der Waals surface area (Å²) in [5.74, 6) is 0.815. The fourth-order valence-corrected chi connectivity index (χ4v) is 1.14. The van der Waals surface area contributed by atoms with Crippen molar-refractivity contribution in [1.29, 1.82) is 0 Å². The maximum atomic E-state index is 9.46. The molecule has 0 amide bonds. The van der Waals surface area contributed by atoms with Gasteiger partial charge in [-0.15, -0.1) is 0 Å². The molecule has 0 atom stereocenters. The van der Waals surface area contributed by atoms with Crippen molar-refractivity contribution in [2.75, 3.05) is 0 Å². The molecule has 0 aromatic heterocycles. The molecule has 0 heterocycles. The molecule has 6 heteroatoms. The van der Waals surface area contributed by atoms with Crippen LogP contribution in [0.15, 0.2) is 18.2 Å². The predicted octanol–water partition coefficient (Wildman–Crippen LogP) is 2.17. The Morgan fingerprint density at radius 2 is 1.62 bits per heavy atom. The molecule has 0 saturated heterocycles. The fourth-order valence-electron chi connectivity index (χ4n) is 1.14. The monoisotopic (exact) mass is 248 g/mol. The summed E-state index contributed by atoms with van der Waals surface area (Å²) in [4.78, 5) is 0. The molecule has 3 N–H and O–H groups in total. The van der Waals surface area contributed by atoms with E-state index >= 15 is 0 Å². The number of benzene rings is 1. The average molecular weight is 248 g/mol. The standard InChI is InChI=1S/C10H14O.H2O4S/c1-7(2)9-5-4-8(3)6-10(9)11;1-5(2,3)4/h4-7,11H,1-3H3;(H2,1,2,3,4). The van der Waals surface area contributed by atoms with Gasteiger partial charge in [0.15, 0.2) is 0 Å². The van der Waals surface area contributed by atoms with Crippen LogP contribution in [0.2, 0.25) is 0 Å². The quantitative estimate of drug-likeness (QED) is 0.662. The third kappa shape index (κ3) is 7.22. The van der Waals surface area contributed by atoms with Crippen LogP contribution in [0.3, 0.4) is 0 Å². The van der Waals surface area contributed by atoms with Gasteiger partial charge in [-0.05, 0) is 30.0 Å². The second-order valence-corrected chi connectivity index (χ2v) is 4.56. The molecule has 0 fully saturated rings. The lowest BCUT2D eigenvalue weighted by molar-refractivity contribution is 0.381. The van der Waals surface area contributed by atoms with Gasteiger partial charge in [-0.1, -0.05) is 26.0 Å². The Kier molecular flexibility index (Phi) is 5.43. The third-order valence-corrected chi connectivity index (χ3v) is 1.81. The number of phenolic OH excluding ortho intramolecular Hbond substituents is 1. The highest BCUT2D eigenvalue weighted by Gasteiger charge is 2.03. The van der Waals surface area contributed by atoms with E-state index in [0.29, 0.717) is 11.7 Å². The highest BCUT2D eigenvalue weighted by molar-refractivity contribution is 7.79. The zero-order valence-electron chi connectivity index (χ0n) is 9.38. The normalized spacial score (nSPS) is 10.9. The molecule has 0 spiro atoms. The first-order chi connectivity index (χ1) is 7.11.